The molecule has 0 aliphatic carbocycles. The van der Waals surface area contributed by atoms with E-state index in [2.05, 4.69) is 0 Å². The van der Waals surface area contributed by atoms with Crippen molar-refractivity contribution in [1.82, 2.24) is 4.57 Å². The molecule has 3 nitrogen and oxygen atoms in total. The molecule has 1 aromatic carbocycles. The molecular weight excluding hydrogens is 197 g/mol. The number of halogens is 1. The van der Waals surface area contributed by atoms with E-state index in [9.17, 15) is 9.18 Å². The van der Waals surface area contributed by atoms with Crippen LogP contribution in [0.15, 0.2) is 30.5 Å². The van der Waals surface area contributed by atoms with Crippen molar-refractivity contribution >= 4 is 16.9 Å². The molecule has 0 fully saturated rings. The lowest BCUT2D eigenvalue weighted by Gasteiger charge is -2.09. The van der Waals surface area contributed by atoms with Crippen LogP contribution in [0.25, 0.3) is 10.9 Å². The molecule has 0 spiro atoms. The summed E-state index contributed by atoms with van der Waals surface area (Å²) in [5.41, 5.74) is 0.602. The smallest absolute Gasteiger partial charge is 0.326 e. The third-order valence-electron chi connectivity index (χ3n) is 2.48. The van der Waals surface area contributed by atoms with Crippen molar-refractivity contribution in [2.75, 3.05) is 0 Å². The predicted molar refractivity (Wildman–Crippen MR) is 54.2 cm³/mol. The SMILES string of the molecule is CC(C(=O)O)n1ccc2c(F)cccc21. The Kier molecular flexibility index (Phi) is 2.19. The van der Waals surface area contributed by atoms with Crippen LogP contribution in [0.5, 0.6) is 0 Å². The number of nitrogens with zero attached hydrogens (tertiary/aromatic N) is 1. The van der Waals surface area contributed by atoms with Gasteiger partial charge in [-0.3, -0.25) is 0 Å². The molecule has 1 N–H and O–H groups in total. The molecule has 1 atom stereocenters. The molecule has 0 aliphatic heterocycles. The first-order valence-corrected chi connectivity index (χ1v) is 4.59. The standard InChI is InChI=1S/C11H10FNO2/c1-7(11(14)15)13-6-5-8-9(12)3-2-4-10(8)13/h2-7H,1H3,(H,14,15). The molecule has 0 bridgehead atoms. The first kappa shape index (κ1) is 9.71. The fourth-order valence-corrected chi connectivity index (χ4v) is 1.61. The number of fused-ring (bicyclic) bond motifs is 1. The zero-order valence-corrected chi connectivity index (χ0v) is 8.14. The number of aliphatic carboxylic acids is 1. The van der Waals surface area contributed by atoms with Crippen LogP contribution < -0.4 is 0 Å². The Morgan fingerprint density at radius 1 is 1.47 bits per heavy atom. The Bertz CT molecular complexity index is 518. The maximum Gasteiger partial charge on any atom is 0.326 e. The number of hydrogen-bond donors (Lipinski definition) is 1. The van der Waals surface area contributed by atoms with Gasteiger partial charge < -0.3 is 9.67 Å². The lowest BCUT2D eigenvalue weighted by Crippen LogP contribution is -2.14. The molecule has 0 radical (unpaired) electrons. The van der Waals surface area contributed by atoms with Gasteiger partial charge in [0.25, 0.3) is 0 Å². The van der Waals surface area contributed by atoms with Crippen molar-refractivity contribution in [2.45, 2.75) is 13.0 Å². The Balaban J connectivity index is 2.64. The maximum atomic E-state index is 13.3. The molecule has 78 valence electrons. The molecule has 4 heteroatoms. The summed E-state index contributed by atoms with van der Waals surface area (Å²) in [5.74, 6) is -1.26. The summed E-state index contributed by atoms with van der Waals surface area (Å²) >= 11 is 0. The van der Waals surface area contributed by atoms with Crippen molar-refractivity contribution in [3.63, 3.8) is 0 Å². The lowest BCUT2D eigenvalue weighted by molar-refractivity contribution is -0.140. The third-order valence-corrected chi connectivity index (χ3v) is 2.48. The number of aromatic nitrogens is 1. The number of carboxylic acids is 1. The largest absolute Gasteiger partial charge is 0.480 e. The fraction of sp³-hybridized carbons (Fsp3) is 0.182. The van der Waals surface area contributed by atoms with Crippen LogP contribution in [-0.4, -0.2) is 15.6 Å². The van der Waals surface area contributed by atoms with Gasteiger partial charge in [0.15, 0.2) is 0 Å². The monoisotopic (exact) mass is 207 g/mol. The van der Waals surface area contributed by atoms with Gasteiger partial charge in [-0.15, -0.1) is 0 Å². The van der Waals surface area contributed by atoms with Crippen LogP contribution >= 0.6 is 0 Å². The van der Waals surface area contributed by atoms with E-state index in [1.807, 2.05) is 0 Å². The number of rotatable bonds is 2. The van der Waals surface area contributed by atoms with Gasteiger partial charge in [0.2, 0.25) is 0 Å². The summed E-state index contributed by atoms with van der Waals surface area (Å²) < 4.78 is 14.8. The molecule has 2 aromatic rings. The van der Waals surface area contributed by atoms with E-state index in [1.54, 1.807) is 35.9 Å². The molecule has 15 heavy (non-hydrogen) atoms. The van der Waals surface area contributed by atoms with Crippen LogP contribution in [0.4, 0.5) is 4.39 Å². The highest BCUT2D eigenvalue weighted by Crippen LogP contribution is 2.22. The minimum Gasteiger partial charge on any atom is -0.480 e. The Hall–Kier alpha value is -1.84. The van der Waals surface area contributed by atoms with E-state index in [-0.39, 0.29) is 5.82 Å². The first-order chi connectivity index (χ1) is 7.11. The van der Waals surface area contributed by atoms with Crippen molar-refractivity contribution in [3.8, 4) is 0 Å². The molecule has 1 aromatic heterocycles. The summed E-state index contributed by atoms with van der Waals surface area (Å²) in [4.78, 5) is 10.8. The highest BCUT2D eigenvalue weighted by molar-refractivity contribution is 5.83. The van der Waals surface area contributed by atoms with Crippen LogP contribution in [0, 0.1) is 5.82 Å². The van der Waals surface area contributed by atoms with Gasteiger partial charge in [-0.05, 0) is 25.1 Å². The summed E-state index contributed by atoms with van der Waals surface area (Å²) in [7, 11) is 0. The van der Waals surface area contributed by atoms with Gasteiger partial charge in [-0.1, -0.05) is 6.07 Å². The van der Waals surface area contributed by atoms with E-state index in [0.717, 1.165) is 0 Å². The van der Waals surface area contributed by atoms with Gasteiger partial charge >= 0.3 is 5.97 Å². The molecule has 1 unspecified atom stereocenters. The highest BCUT2D eigenvalue weighted by atomic mass is 19.1. The summed E-state index contributed by atoms with van der Waals surface area (Å²) in [5, 5.41) is 9.32. The van der Waals surface area contributed by atoms with Crippen molar-refractivity contribution in [2.24, 2.45) is 0 Å². The minimum atomic E-state index is -0.934. The Labute approximate surface area is 85.7 Å². The van der Waals surface area contributed by atoms with Crippen LogP contribution in [-0.2, 0) is 4.79 Å². The number of hydrogen-bond acceptors (Lipinski definition) is 1. The normalized spacial score (nSPS) is 12.9. The van der Waals surface area contributed by atoms with E-state index in [4.69, 9.17) is 5.11 Å². The van der Waals surface area contributed by atoms with Gasteiger partial charge in [0, 0.05) is 11.6 Å². The van der Waals surface area contributed by atoms with E-state index in [1.165, 1.54) is 6.07 Å². The van der Waals surface area contributed by atoms with Gasteiger partial charge in [0.05, 0.1) is 5.52 Å². The fourth-order valence-electron chi connectivity index (χ4n) is 1.61. The van der Waals surface area contributed by atoms with Gasteiger partial charge in [-0.25, -0.2) is 9.18 Å². The summed E-state index contributed by atoms with van der Waals surface area (Å²) in [6.07, 6.45) is 1.59. The predicted octanol–water partition coefficient (Wildman–Crippen LogP) is 2.43. The first-order valence-electron chi connectivity index (χ1n) is 4.59. The second-order valence-electron chi connectivity index (χ2n) is 3.41. The number of carboxylic acid groups (broad SMARTS) is 1. The molecule has 0 saturated heterocycles. The van der Waals surface area contributed by atoms with Gasteiger partial charge in [0.1, 0.15) is 11.9 Å². The van der Waals surface area contributed by atoms with Gasteiger partial charge in [-0.2, -0.15) is 0 Å². The van der Waals surface area contributed by atoms with Crippen molar-refractivity contribution in [3.05, 3.63) is 36.3 Å². The molecule has 0 aliphatic rings. The van der Waals surface area contributed by atoms with Crippen molar-refractivity contribution in [1.29, 1.82) is 0 Å². The molecule has 0 amide bonds. The van der Waals surface area contributed by atoms with Crippen LogP contribution in [0.2, 0.25) is 0 Å². The zero-order valence-electron chi connectivity index (χ0n) is 8.14. The topological polar surface area (TPSA) is 42.2 Å². The number of carbonyl (C=O) groups is 1. The Morgan fingerprint density at radius 2 is 2.20 bits per heavy atom. The van der Waals surface area contributed by atoms with E-state index in [0.29, 0.717) is 10.9 Å². The number of benzene rings is 1. The second-order valence-corrected chi connectivity index (χ2v) is 3.41. The molecule has 2 rings (SSSR count). The summed E-state index contributed by atoms with van der Waals surface area (Å²) in [6.45, 7) is 1.56. The second kappa shape index (κ2) is 3.38. The zero-order chi connectivity index (χ0) is 11.0. The maximum absolute atomic E-state index is 13.3. The van der Waals surface area contributed by atoms with Crippen LogP contribution in [0.3, 0.4) is 0 Å². The minimum absolute atomic E-state index is 0.330. The molecule has 1 heterocycles. The summed E-state index contributed by atoms with van der Waals surface area (Å²) in [6, 6.07) is 5.53. The highest BCUT2D eigenvalue weighted by Gasteiger charge is 2.15. The quantitative estimate of drug-likeness (QED) is 0.821. The Morgan fingerprint density at radius 3 is 2.87 bits per heavy atom. The van der Waals surface area contributed by atoms with Crippen molar-refractivity contribution < 1.29 is 14.3 Å². The average Bonchev–Trinajstić information content (AvgIpc) is 2.61. The molecular formula is C11H10FNO2. The average molecular weight is 207 g/mol. The van der Waals surface area contributed by atoms with Crippen LogP contribution in [0.1, 0.15) is 13.0 Å². The third kappa shape index (κ3) is 1.48. The molecule has 0 saturated carbocycles. The lowest BCUT2D eigenvalue weighted by atomic mass is 10.2. The van der Waals surface area contributed by atoms with E-state index < -0.39 is 12.0 Å². The van der Waals surface area contributed by atoms with E-state index >= 15 is 0 Å².